The van der Waals surface area contributed by atoms with Crippen LogP contribution in [0.2, 0.25) is 0 Å². The van der Waals surface area contributed by atoms with Crippen molar-refractivity contribution in [1.82, 2.24) is 4.98 Å². The molecule has 2 rings (SSSR count). The van der Waals surface area contributed by atoms with Crippen LogP contribution in [0.4, 0.5) is 0 Å². The summed E-state index contributed by atoms with van der Waals surface area (Å²) in [5, 5.41) is 0.929. The Labute approximate surface area is 119 Å². The number of nitrogens with zero attached hydrogens (tertiary/aromatic N) is 1. The van der Waals surface area contributed by atoms with Crippen LogP contribution in [0.3, 0.4) is 0 Å². The highest BCUT2D eigenvalue weighted by Crippen LogP contribution is 2.25. The van der Waals surface area contributed by atoms with E-state index in [-0.39, 0.29) is 5.78 Å². The van der Waals surface area contributed by atoms with Gasteiger partial charge >= 0.3 is 0 Å². The minimum Gasteiger partial charge on any atom is -0.294 e. The molecule has 0 aliphatic rings. The lowest BCUT2D eigenvalue weighted by Gasteiger charge is -2.02. The average molecular weight is 322 g/mol. The summed E-state index contributed by atoms with van der Waals surface area (Å²) in [5.41, 5.74) is 0.776. The molecule has 1 aromatic carbocycles. The van der Waals surface area contributed by atoms with E-state index in [0.717, 1.165) is 20.8 Å². The van der Waals surface area contributed by atoms with Crippen LogP contribution in [0.15, 0.2) is 58.2 Å². The van der Waals surface area contributed by atoms with Crippen molar-refractivity contribution in [3.63, 3.8) is 0 Å². The maximum atomic E-state index is 11.9. The largest absolute Gasteiger partial charge is 0.294 e. The zero-order valence-corrected chi connectivity index (χ0v) is 12.1. The quantitative estimate of drug-likeness (QED) is 0.610. The summed E-state index contributed by atoms with van der Waals surface area (Å²) in [6.07, 6.45) is 2.28. The number of hydrogen-bond acceptors (Lipinski definition) is 3. The van der Waals surface area contributed by atoms with E-state index >= 15 is 0 Å². The predicted octanol–water partition coefficient (Wildman–Crippen LogP) is 4.21. The Hall–Kier alpha value is -1.13. The molecule has 0 aliphatic carbocycles. The first-order valence-electron chi connectivity index (χ1n) is 5.59. The number of ketones is 1. The molecule has 0 fully saturated rings. The van der Waals surface area contributed by atoms with Crippen molar-refractivity contribution in [3.05, 3.63) is 58.7 Å². The van der Waals surface area contributed by atoms with Crippen molar-refractivity contribution in [2.24, 2.45) is 0 Å². The molecule has 0 N–H and O–H groups in total. The summed E-state index contributed by atoms with van der Waals surface area (Å²) in [6, 6.07) is 13.2. The van der Waals surface area contributed by atoms with Gasteiger partial charge in [0.25, 0.3) is 0 Å². The Bertz CT molecular complexity index is 530. The highest BCUT2D eigenvalue weighted by molar-refractivity contribution is 9.10. The Morgan fingerprint density at radius 3 is 2.67 bits per heavy atom. The molecule has 0 unspecified atom stereocenters. The summed E-state index contributed by atoms with van der Waals surface area (Å²) >= 11 is 5.03. The number of rotatable bonds is 5. The molecule has 2 aromatic rings. The number of benzene rings is 1. The van der Waals surface area contributed by atoms with Gasteiger partial charge in [-0.3, -0.25) is 4.79 Å². The molecule has 0 amide bonds. The molecule has 0 saturated carbocycles. The average Bonchev–Trinajstić information content (AvgIpc) is 2.42. The summed E-state index contributed by atoms with van der Waals surface area (Å²) in [6.45, 7) is 0. The van der Waals surface area contributed by atoms with E-state index in [1.54, 1.807) is 18.0 Å². The number of aromatic nitrogens is 1. The number of carbonyl (C=O) groups excluding carboxylic acids is 1. The van der Waals surface area contributed by atoms with Gasteiger partial charge in [0.05, 0.1) is 0 Å². The van der Waals surface area contributed by atoms with Gasteiger partial charge in [0, 0.05) is 28.4 Å². The number of carbonyl (C=O) groups is 1. The fourth-order valence-corrected chi connectivity index (χ4v) is 2.91. The monoisotopic (exact) mass is 321 g/mol. The minimum atomic E-state index is 0.176. The van der Waals surface area contributed by atoms with Gasteiger partial charge in [-0.05, 0) is 28.1 Å². The van der Waals surface area contributed by atoms with Crippen LogP contribution in [-0.4, -0.2) is 16.5 Å². The van der Waals surface area contributed by atoms with Gasteiger partial charge in [-0.25, -0.2) is 4.98 Å². The molecule has 0 radical (unpaired) electrons. The minimum absolute atomic E-state index is 0.176. The normalized spacial score (nSPS) is 10.3. The second-order valence-corrected chi connectivity index (χ2v) is 5.62. The lowest BCUT2D eigenvalue weighted by Crippen LogP contribution is -2.00. The fourth-order valence-electron chi connectivity index (χ4n) is 1.49. The maximum Gasteiger partial charge on any atom is 0.163 e. The van der Waals surface area contributed by atoms with Crippen LogP contribution in [0.5, 0.6) is 0 Å². The van der Waals surface area contributed by atoms with E-state index in [1.165, 1.54) is 0 Å². The maximum absolute atomic E-state index is 11.9. The third-order valence-electron chi connectivity index (χ3n) is 2.39. The van der Waals surface area contributed by atoms with E-state index < -0.39 is 0 Å². The predicted molar refractivity (Wildman–Crippen MR) is 78.1 cm³/mol. The van der Waals surface area contributed by atoms with Crippen LogP contribution in [0.1, 0.15) is 16.8 Å². The standard InChI is InChI=1S/C14H12BrNOS/c15-12-7-4-9-16-14(12)18-10-8-13(17)11-5-2-1-3-6-11/h1-7,9H,8,10H2. The summed E-state index contributed by atoms with van der Waals surface area (Å²) in [5.74, 6) is 0.915. The van der Waals surface area contributed by atoms with Crippen LogP contribution in [0.25, 0.3) is 0 Å². The van der Waals surface area contributed by atoms with Gasteiger partial charge in [0.2, 0.25) is 0 Å². The molecule has 2 nitrogen and oxygen atoms in total. The Balaban J connectivity index is 1.86. The highest BCUT2D eigenvalue weighted by Gasteiger charge is 2.06. The zero-order chi connectivity index (χ0) is 12.8. The topological polar surface area (TPSA) is 30.0 Å². The van der Waals surface area contributed by atoms with Crippen molar-refractivity contribution >= 4 is 33.5 Å². The molecule has 92 valence electrons. The van der Waals surface area contributed by atoms with E-state index in [9.17, 15) is 4.79 Å². The molecule has 0 atom stereocenters. The number of thioether (sulfide) groups is 1. The fraction of sp³-hybridized carbons (Fsp3) is 0.143. The molecular formula is C14H12BrNOS. The number of hydrogen-bond donors (Lipinski definition) is 0. The molecule has 0 bridgehead atoms. The van der Waals surface area contributed by atoms with Crippen LogP contribution >= 0.6 is 27.7 Å². The smallest absolute Gasteiger partial charge is 0.163 e. The second kappa shape index (κ2) is 6.71. The van der Waals surface area contributed by atoms with E-state index in [1.807, 2.05) is 42.5 Å². The number of Topliss-reactive ketones (excluding diaryl/α,β-unsaturated/α-hetero) is 1. The third-order valence-corrected chi connectivity index (χ3v) is 4.30. The molecule has 1 aromatic heterocycles. The number of halogens is 1. The first-order valence-corrected chi connectivity index (χ1v) is 7.37. The lowest BCUT2D eigenvalue weighted by atomic mass is 10.1. The van der Waals surface area contributed by atoms with Crippen molar-refractivity contribution in [3.8, 4) is 0 Å². The summed E-state index contributed by atoms with van der Waals surface area (Å²) in [7, 11) is 0. The first-order chi connectivity index (χ1) is 8.77. The third kappa shape index (κ3) is 3.68. The van der Waals surface area contributed by atoms with Gasteiger partial charge < -0.3 is 0 Å². The van der Waals surface area contributed by atoms with Gasteiger partial charge in [-0.2, -0.15) is 0 Å². The van der Waals surface area contributed by atoms with E-state index in [0.29, 0.717) is 6.42 Å². The van der Waals surface area contributed by atoms with Crippen molar-refractivity contribution in [2.45, 2.75) is 11.4 Å². The van der Waals surface area contributed by atoms with Crippen molar-refractivity contribution < 1.29 is 4.79 Å². The van der Waals surface area contributed by atoms with Crippen LogP contribution in [0, 0.1) is 0 Å². The van der Waals surface area contributed by atoms with E-state index in [4.69, 9.17) is 0 Å². The zero-order valence-electron chi connectivity index (χ0n) is 9.67. The second-order valence-electron chi connectivity index (χ2n) is 3.68. The molecule has 4 heteroatoms. The molecule has 18 heavy (non-hydrogen) atoms. The van der Waals surface area contributed by atoms with Gasteiger partial charge in [-0.15, -0.1) is 11.8 Å². The highest BCUT2D eigenvalue weighted by atomic mass is 79.9. The molecular weight excluding hydrogens is 310 g/mol. The summed E-state index contributed by atoms with van der Waals surface area (Å²) in [4.78, 5) is 16.1. The molecule has 0 saturated heterocycles. The van der Waals surface area contributed by atoms with Gasteiger partial charge in [-0.1, -0.05) is 30.3 Å². The van der Waals surface area contributed by atoms with Crippen molar-refractivity contribution in [2.75, 3.05) is 5.75 Å². The van der Waals surface area contributed by atoms with E-state index in [2.05, 4.69) is 20.9 Å². The van der Waals surface area contributed by atoms with Crippen molar-refractivity contribution in [1.29, 1.82) is 0 Å². The van der Waals surface area contributed by atoms with Gasteiger partial charge in [0.1, 0.15) is 5.03 Å². The Morgan fingerprint density at radius 1 is 1.17 bits per heavy atom. The Kier molecular flexibility index (Phi) is 4.96. The Morgan fingerprint density at radius 2 is 1.94 bits per heavy atom. The SMILES string of the molecule is O=C(CCSc1ncccc1Br)c1ccccc1. The summed E-state index contributed by atoms with van der Waals surface area (Å²) < 4.78 is 0.974. The lowest BCUT2D eigenvalue weighted by molar-refractivity contribution is 0.0989. The molecule has 0 aliphatic heterocycles. The molecule has 0 spiro atoms. The first kappa shape index (κ1) is 13.3. The van der Waals surface area contributed by atoms with Crippen LogP contribution in [-0.2, 0) is 0 Å². The number of pyridine rings is 1. The molecule has 1 heterocycles. The van der Waals surface area contributed by atoms with Crippen LogP contribution < -0.4 is 0 Å². The van der Waals surface area contributed by atoms with Gasteiger partial charge in [0.15, 0.2) is 5.78 Å².